The van der Waals surface area contributed by atoms with Crippen LogP contribution in [0.4, 0.5) is 0 Å². The van der Waals surface area contributed by atoms with E-state index in [1.807, 2.05) is 31.2 Å². The molecule has 1 rings (SSSR count). The Bertz CT molecular complexity index is 294. The van der Waals surface area contributed by atoms with E-state index >= 15 is 0 Å². The predicted octanol–water partition coefficient (Wildman–Crippen LogP) is 2.06. The fourth-order valence-corrected chi connectivity index (χ4v) is 1.15. The van der Waals surface area contributed by atoms with Crippen LogP contribution in [-0.2, 0) is 0 Å². The van der Waals surface area contributed by atoms with E-state index in [1.165, 1.54) is 0 Å². The third-order valence-corrected chi connectivity index (χ3v) is 1.81. The largest absolute Gasteiger partial charge is 0.493 e. The molecule has 0 aliphatic heterocycles. The number of hydrogen-bond acceptors (Lipinski definition) is 2. The maximum atomic E-state index is 5.51. The number of rotatable bonds is 4. The fourth-order valence-electron chi connectivity index (χ4n) is 1.15. The standard InChI is InChI=1S/C11H15NO/c1-3-13-11-7-5-4-6-10(11)9(2)8-12/h4-7H,2-3,8,12H2,1H3. The van der Waals surface area contributed by atoms with Gasteiger partial charge in [-0.05, 0) is 18.6 Å². The van der Waals surface area contributed by atoms with Gasteiger partial charge in [-0.3, -0.25) is 0 Å². The summed E-state index contributed by atoms with van der Waals surface area (Å²) in [4.78, 5) is 0. The lowest BCUT2D eigenvalue weighted by Crippen LogP contribution is -2.03. The Balaban J connectivity index is 2.97. The van der Waals surface area contributed by atoms with E-state index in [4.69, 9.17) is 10.5 Å². The third-order valence-electron chi connectivity index (χ3n) is 1.81. The van der Waals surface area contributed by atoms with Crippen molar-refractivity contribution in [1.82, 2.24) is 0 Å². The van der Waals surface area contributed by atoms with E-state index in [0.717, 1.165) is 16.9 Å². The Morgan fingerprint density at radius 3 is 2.77 bits per heavy atom. The normalized spacial score (nSPS) is 9.69. The summed E-state index contributed by atoms with van der Waals surface area (Å²) in [6, 6.07) is 7.80. The molecular weight excluding hydrogens is 162 g/mol. The van der Waals surface area contributed by atoms with E-state index in [1.54, 1.807) is 0 Å². The molecule has 0 heterocycles. The average Bonchev–Trinajstić information content (AvgIpc) is 2.18. The molecule has 2 heteroatoms. The highest BCUT2D eigenvalue weighted by molar-refractivity contribution is 5.69. The Hall–Kier alpha value is -1.28. The quantitative estimate of drug-likeness (QED) is 0.764. The van der Waals surface area contributed by atoms with Crippen LogP contribution in [0.5, 0.6) is 5.75 Å². The summed E-state index contributed by atoms with van der Waals surface area (Å²) in [5.41, 5.74) is 7.43. The molecule has 0 bridgehead atoms. The fraction of sp³-hybridized carbons (Fsp3) is 0.273. The van der Waals surface area contributed by atoms with Gasteiger partial charge in [0.1, 0.15) is 5.75 Å². The molecule has 0 aliphatic rings. The predicted molar refractivity (Wildman–Crippen MR) is 55.7 cm³/mol. The van der Waals surface area contributed by atoms with Crippen LogP contribution < -0.4 is 10.5 Å². The Kier molecular flexibility index (Phi) is 3.53. The van der Waals surface area contributed by atoms with Crippen LogP contribution in [0.15, 0.2) is 30.8 Å². The molecule has 0 fully saturated rings. The summed E-state index contributed by atoms with van der Waals surface area (Å²) < 4.78 is 5.44. The second-order valence-corrected chi connectivity index (χ2v) is 2.74. The smallest absolute Gasteiger partial charge is 0.126 e. The van der Waals surface area contributed by atoms with Crippen molar-refractivity contribution in [3.8, 4) is 5.75 Å². The van der Waals surface area contributed by atoms with Gasteiger partial charge in [0.2, 0.25) is 0 Å². The van der Waals surface area contributed by atoms with Crippen molar-refractivity contribution >= 4 is 5.57 Å². The van der Waals surface area contributed by atoms with Crippen LogP contribution >= 0.6 is 0 Å². The molecule has 0 radical (unpaired) electrons. The summed E-state index contributed by atoms with van der Waals surface area (Å²) in [6.07, 6.45) is 0. The molecule has 0 amide bonds. The highest BCUT2D eigenvalue weighted by Crippen LogP contribution is 2.23. The third kappa shape index (κ3) is 2.33. The molecule has 13 heavy (non-hydrogen) atoms. The molecule has 0 atom stereocenters. The van der Waals surface area contributed by atoms with Crippen LogP contribution in [0.25, 0.3) is 5.57 Å². The van der Waals surface area contributed by atoms with Gasteiger partial charge in [-0.2, -0.15) is 0 Å². The zero-order chi connectivity index (χ0) is 9.68. The molecule has 0 saturated heterocycles. The molecule has 0 aromatic heterocycles. The molecule has 70 valence electrons. The van der Waals surface area contributed by atoms with E-state index in [-0.39, 0.29) is 0 Å². The Morgan fingerprint density at radius 1 is 1.46 bits per heavy atom. The van der Waals surface area contributed by atoms with Crippen molar-refractivity contribution < 1.29 is 4.74 Å². The lowest BCUT2D eigenvalue weighted by molar-refractivity contribution is 0.339. The summed E-state index contributed by atoms with van der Waals surface area (Å²) in [5.74, 6) is 0.862. The maximum Gasteiger partial charge on any atom is 0.126 e. The zero-order valence-electron chi connectivity index (χ0n) is 7.92. The van der Waals surface area contributed by atoms with Gasteiger partial charge in [0.25, 0.3) is 0 Å². The lowest BCUT2D eigenvalue weighted by atomic mass is 10.1. The SMILES string of the molecule is C=C(CN)c1ccccc1OCC. The number of nitrogens with two attached hydrogens (primary N) is 1. The van der Waals surface area contributed by atoms with E-state index < -0.39 is 0 Å². The van der Waals surface area contributed by atoms with Crippen LogP contribution in [0.3, 0.4) is 0 Å². The molecule has 1 aromatic rings. The van der Waals surface area contributed by atoms with Crippen molar-refractivity contribution in [2.24, 2.45) is 5.73 Å². The van der Waals surface area contributed by atoms with Gasteiger partial charge in [-0.25, -0.2) is 0 Å². The Labute approximate surface area is 79.0 Å². The first-order chi connectivity index (χ1) is 6.29. The second kappa shape index (κ2) is 4.67. The highest BCUT2D eigenvalue weighted by atomic mass is 16.5. The van der Waals surface area contributed by atoms with E-state index in [2.05, 4.69) is 6.58 Å². The minimum atomic E-state index is 0.462. The van der Waals surface area contributed by atoms with Gasteiger partial charge in [-0.15, -0.1) is 0 Å². The number of ether oxygens (including phenoxy) is 1. The number of benzene rings is 1. The van der Waals surface area contributed by atoms with Gasteiger partial charge in [0.05, 0.1) is 6.61 Å². The van der Waals surface area contributed by atoms with E-state index in [9.17, 15) is 0 Å². The minimum absolute atomic E-state index is 0.462. The molecule has 2 N–H and O–H groups in total. The van der Waals surface area contributed by atoms with Gasteiger partial charge in [0, 0.05) is 12.1 Å². The molecule has 1 aromatic carbocycles. The number of para-hydroxylation sites is 1. The van der Waals surface area contributed by atoms with Crippen molar-refractivity contribution in [3.63, 3.8) is 0 Å². The topological polar surface area (TPSA) is 35.2 Å². The minimum Gasteiger partial charge on any atom is -0.493 e. The monoisotopic (exact) mass is 177 g/mol. The molecule has 0 aliphatic carbocycles. The van der Waals surface area contributed by atoms with Crippen molar-refractivity contribution in [2.75, 3.05) is 13.2 Å². The molecule has 0 spiro atoms. The lowest BCUT2D eigenvalue weighted by Gasteiger charge is -2.10. The summed E-state index contributed by atoms with van der Waals surface area (Å²) >= 11 is 0. The molecule has 0 unspecified atom stereocenters. The van der Waals surface area contributed by atoms with Gasteiger partial charge >= 0.3 is 0 Å². The van der Waals surface area contributed by atoms with Gasteiger partial charge in [-0.1, -0.05) is 24.8 Å². The first-order valence-corrected chi connectivity index (χ1v) is 4.39. The molecular formula is C11H15NO. The molecule has 0 saturated carbocycles. The first kappa shape index (κ1) is 9.81. The van der Waals surface area contributed by atoms with Crippen LogP contribution in [0.1, 0.15) is 12.5 Å². The maximum absolute atomic E-state index is 5.51. The van der Waals surface area contributed by atoms with E-state index in [0.29, 0.717) is 13.2 Å². The zero-order valence-corrected chi connectivity index (χ0v) is 7.92. The average molecular weight is 177 g/mol. The van der Waals surface area contributed by atoms with Crippen LogP contribution in [0.2, 0.25) is 0 Å². The van der Waals surface area contributed by atoms with Crippen molar-refractivity contribution in [2.45, 2.75) is 6.92 Å². The molecule has 2 nitrogen and oxygen atoms in total. The summed E-state index contributed by atoms with van der Waals surface area (Å²) in [7, 11) is 0. The van der Waals surface area contributed by atoms with Gasteiger partial charge in [0.15, 0.2) is 0 Å². The van der Waals surface area contributed by atoms with Crippen LogP contribution in [-0.4, -0.2) is 13.2 Å². The summed E-state index contributed by atoms with van der Waals surface area (Å²) in [5, 5.41) is 0. The second-order valence-electron chi connectivity index (χ2n) is 2.74. The van der Waals surface area contributed by atoms with Gasteiger partial charge < -0.3 is 10.5 Å². The highest BCUT2D eigenvalue weighted by Gasteiger charge is 2.03. The Morgan fingerprint density at radius 2 is 2.15 bits per heavy atom. The summed E-state index contributed by atoms with van der Waals surface area (Å²) in [6.45, 7) is 6.97. The van der Waals surface area contributed by atoms with Crippen molar-refractivity contribution in [1.29, 1.82) is 0 Å². The van der Waals surface area contributed by atoms with Crippen LogP contribution in [0, 0.1) is 0 Å². The van der Waals surface area contributed by atoms with Crippen molar-refractivity contribution in [3.05, 3.63) is 36.4 Å². The number of hydrogen-bond donors (Lipinski definition) is 1. The first-order valence-electron chi connectivity index (χ1n) is 4.39.